The first kappa shape index (κ1) is 19.7. The summed E-state index contributed by atoms with van der Waals surface area (Å²) in [5, 5.41) is 11.0. The Balaban J connectivity index is 1.56. The highest BCUT2D eigenvalue weighted by Gasteiger charge is 2.29. The van der Waals surface area contributed by atoms with Crippen LogP contribution in [0, 0.1) is 0 Å². The molecule has 0 saturated carbocycles. The van der Waals surface area contributed by atoms with E-state index < -0.39 is 0 Å². The molecule has 0 aliphatic rings. The molecule has 0 aliphatic carbocycles. The van der Waals surface area contributed by atoms with Crippen molar-refractivity contribution in [3.63, 3.8) is 0 Å². The number of nitrogens with zero attached hydrogens (tertiary/aromatic N) is 3. The highest BCUT2D eigenvalue weighted by Crippen LogP contribution is 2.40. The number of para-hydroxylation sites is 2. The van der Waals surface area contributed by atoms with Gasteiger partial charge in [0, 0.05) is 11.6 Å². The van der Waals surface area contributed by atoms with Crippen LogP contribution in [-0.4, -0.2) is 25.8 Å². The number of fused-ring (bicyclic) bond motifs is 4. The van der Waals surface area contributed by atoms with E-state index in [1.54, 1.807) is 0 Å². The van der Waals surface area contributed by atoms with Crippen molar-refractivity contribution in [1.29, 1.82) is 0 Å². The van der Waals surface area contributed by atoms with E-state index in [2.05, 4.69) is 49.1 Å². The Morgan fingerprint density at radius 2 is 1.52 bits per heavy atom. The van der Waals surface area contributed by atoms with Gasteiger partial charge in [-0.1, -0.05) is 71.9 Å². The number of benzene rings is 2. The van der Waals surface area contributed by atoms with Crippen molar-refractivity contribution in [2.75, 3.05) is 6.61 Å². The highest BCUT2D eigenvalue weighted by atomic mass is 16.5. The van der Waals surface area contributed by atoms with Gasteiger partial charge < -0.3 is 9.84 Å². The number of hydrogen-bond acceptors (Lipinski definition) is 2. The van der Waals surface area contributed by atoms with E-state index in [-0.39, 0.29) is 5.41 Å². The summed E-state index contributed by atoms with van der Waals surface area (Å²) in [6, 6.07) is 12.2. The zero-order valence-electron chi connectivity index (χ0n) is 18.1. The van der Waals surface area contributed by atoms with Crippen LogP contribution in [-0.2, 0) is 5.41 Å². The summed E-state index contributed by atoms with van der Waals surface area (Å²) in [5.41, 5.74) is 3.81. The van der Waals surface area contributed by atoms with Gasteiger partial charge in [-0.3, -0.25) is 0 Å². The number of hydrogen-bond donors (Lipinski definition) is 1. The molecular formula is C24H33N3O2. The minimum Gasteiger partial charge on any atom is -0.505 e. The number of ether oxygens (including phenoxy) is 1. The summed E-state index contributed by atoms with van der Waals surface area (Å²) in [6.45, 7) is 9.32. The molecule has 29 heavy (non-hydrogen) atoms. The molecule has 5 heteroatoms. The van der Waals surface area contributed by atoms with Gasteiger partial charge in [0.25, 0.3) is 0 Å². The molecule has 0 amide bonds. The van der Waals surface area contributed by atoms with Gasteiger partial charge in [0.15, 0.2) is 0 Å². The first-order chi connectivity index (χ1) is 13.9. The van der Waals surface area contributed by atoms with Gasteiger partial charge in [0.1, 0.15) is 28.2 Å². The Bertz CT molecular complexity index is 1040. The van der Waals surface area contributed by atoms with Crippen LogP contribution in [0.15, 0.2) is 36.4 Å². The van der Waals surface area contributed by atoms with Crippen LogP contribution in [0.2, 0.25) is 0 Å². The lowest BCUT2D eigenvalue weighted by Gasteiger charge is -2.22. The Labute approximate surface area is 172 Å². The number of unbranched alkanes of at least 4 members (excludes halogenated alkanes) is 5. The minimum absolute atomic E-state index is 0.176. The molecule has 5 nitrogen and oxygen atoms in total. The summed E-state index contributed by atoms with van der Waals surface area (Å²) < 4.78 is 10.2. The van der Waals surface area contributed by atoms with Crippen LogP contribution in [0.1, 0.15) is 71.8 Å². The fourth-order valence-electron chi connectivity index (χ4n) is 3.97. The Morgan fingerprint density at radius 1 is 0.897 bits per heavy atom. The van der Waals surface area contributed by atoms with E-state index in [0.29, 0.717) is 12.4 Å². The quantitative estimate of drug-likeness (QED) is 0.345. The van der Waals surface area contributed by atoms with Crippen LogP contribution in [0.3, 0.4) is 0 Å². The summed E-state index contributed by atoms with van der Waals surface area (Å²) in [7, 11) is 0. The number of aromatic hydroxyl groups is 1. The number of aromatic nitrogens is 3. The average Bonchev–Trinajstić information content (AvgIpc) is 3.34. The highest BCUT2D eigenvalue weighted by molar-refractivity contribution is 5.79. The van der Waals surface area contributed by atoms with Gasteiger partial charge in [0.2, 0.25) is 0 Å². The normalized spacial score (nSPS) is 12.6. The second kappa shape index (κ2) is 7.69. The lowest BCUT2D eigenvalue weighted by molar-refractivity contribution is 0.302. The van der Waals surface area contributed by atoms with E-state index in [1.165, 1.54) is 32.1 Å². The van der Waals surface area contributed by atoms with Crippen molar-refractivity contribution in [2.45, 2.75) is 71.6 Å². The lowest BCUT2D eigenvalue weighted by Crippen LogP contribution is -2.13. The number of phenols is 1. The van der Waals surface area contributed by atoms with E-state index in [0.717, 1.165) is 34.5 Å². The van der Waals surface area contributed by atoms with Crippen LogP contribution >= 0.6 is 0 Å². The Morgan fingerprint density at radius 3 is 2.14 bits per heavy atom. The van der Waals surface area contributed by atoms with Gasteiger partial charge in [-0.2, -0.15) is 0 Å². The molecule has 0 saturated heterocycles. The molecule has 0 fully saturated rings. The first-order valence-corrected chi connectivity index (χ1v) is 10.9. The van der Waals surface area contributed by atoms with Crippen LogP contribution in [0.5, 0.6) is 11.5 Å². The fourth-order valence-corrected chi connectivity index (χ4v) is 3.97. The van der Waals surface area contributed by atoms with E-state index >= 15 is 0 Å². The van der Waals surface area contributed by atoms with Crippen LogP contribution < -0.4 is 4.74 Å². The Kier molecular flexibility index (Phi) is 5.24. The lowest BCUT2D eigenvalue weighted by atomic mass is 9.86. The second-order valence-electron chi connectivity index (χ2n) is 9.06. The summed E-state index contributed by atoms with van der Waals surface area (Å²) in [4.78, 5) is 2.01. The Hall–Kier alpha value is -2.56. The van der Waals surface area contributed by atoms with E-state index in [1.807, 2.05) is 29.1 Å². The molecule has 1 N–H and O–H groups in total. The summed E-state index contributed by atoms with van der Waals surface area (Å²) >= 11 is 0. The zero-order valence-corrected chi connectivity index (χ0v) is 18.1. The van der Waals surface area contributed by atoms with Crippen molar-refractivity contribution >= 4 is 11.0 Å². The molecule has 0 radical (unpaired) electrons. The molecule has 0 aliphatic heterocycles. The van der Waals surface area contributed by atoms with Crippen molar-refractivity contribution in [3.05, 3.63) is 42.0 Å². The van der Waals surface area contributed by atoms with Crippen molar-refractivity contribution < 1.29 is 9.84 Å². The van der Waals surface area contributed by atoms with Crippen LogP contribution in [0.4, 0.5) is 0 Å². The molecule has 2 aromatic heterocycles. The standard InChI is InChI=1S/C24H33N3O2/c1-5-6-7-8-9-12-15-29-18-16-19(24(2,3)4)23(28)22(17-18)27-25-20-13-10-11-14-21(20)26(25)27/h10-11,13-14,16-17,28H,5-9,12,15H2,1-4H3. The first-order valence-electron chi connectivity index (χ1n) is 10.9. The van der Waals surface area contributed by atoms with Gasteiger partial charge >= 0.3 is 0 Å². The van der Waals surface area contributed by atoms with Gasteiger partial charge in [0.05, 0.1) is 6.61 Å². The fraction of sp³-hybridized carbons (Fsp3) is 0.500. The summed E-state index contributed by atoms with van der Waals surface area (Å²) in [6.07, 6.45) is 7.47. The zero-order chi connectivity index (χ0) is 20.6. The van der Waals surface area contributed by atoms with Gasteiger partial charge in [-0.15, -0.1) is 14.1 Å². The maximum atomic E-state index is 11.0. The third-order valence-electron chi connectivity index (χ3n) is 5.67. The molecule has 0 unspecified atom stereocenters. The maximum absolute atomic E-state index is 11.0. The third-order valence-corrected chi connectivity index (χ3v) is 5.67. The molecule has 0 spiro atoms. The monoisotopic (exact) mass is 395 g/mol. The minimum atomic E-state index is -0.176. The van der Waals surface area contributed by atoms with Crippen LogP contribution in [0.25, 0.3) is 16.7 Å². The second-order valence-corrected chi connectivity index (χ2v) is 9.06. The maximum Gasteiger partial charge on any atom is 0.147 e. The number of phenolic OH excluding ortho intramolecular Hbond substituents is 1. The molecular weight excluding hydrogens is 362 g/mol. The van der Waals surface area contributed by atoms with Gasteiger partial charge in [-0.05, 0) is 30.0 Å². The molecule has 4 aromatic rings. The predicted molar refractivity (Wildman–Crippen MR) is 118 cm³/mol. The van der Waals surface area contributed by atoms with Crippen molar-refractivity contribution in [2.24, 2.45) is 0 Å². The smallest absolute Gasteiger partial charge is 0.147 e. The largest absolute Gasteiger partial charge is 0.505 e. The predicted octanol–water partition coefficient (Wildman–Crippen LogP) is 6.16. The summed E-state index contributed by atoms with van der Waals surface area (Å²) in [5.74, 6) is 1.15. The number of rotatable bonds is 9. The SMILES string of the molecule is CCCCCCCCOc1cc(-n2n3c4ccccc4n23)c(O)c(C(C)(C)C)c1. The van der Waals surface area contributed by atoms with E-state index in [9.17, 15) is 5.11 Å². The molecule has 156 valence electrons. The molecule has 4 rings (SSSR count). The van der Waals surface area contributed by atoms with Crippen molar-refractivity contribution in [3.8, 4) is 17.2 Å². The molecule has 2 heterocycles. The van der Waals surface area contributed by atoms with Gasteiger partial charge in [-0.25, -0.2) is 0 Å². The van der Waals surface area contributed by atoms with E-state index in [4.69, 9.17) is 4.74 Å². The molecule has 2 aromatic carbocycles. The molecule has 0 atom stereocenters. The van der Waals surface area contributed by atoms with Crippen molar-refractivity contribution in [1.82, 2.24) is 14.1 Å². The molecule has 0 bridgehead atoms. The topological polar surface area (TPSA) is 43.2 Å². The third kappa shape index (κ3) is 3.70. The average molecular weight is 396 g/mol.